The van der Waals surface area contributed by atoms with Gasteiger partial charge in [0.25, 0.3) is 0 Å². The Morgan fingerprint density at radius 3 is 2.46 bits per heavy atom. The van der Waals surface area contributed by atoms with Gasteiger partial charge < -0.3 is 10.5 Å². The van der Waals surface area contributed by atoms with Crippen LogP contribution in [0.3, 0.4) is 0 Å². The Kier molecular flexibility index (Phi) is 9.94. The molecule has 1 unspecified atom stereocenters. The molecular formula is C11H25NO. The number of ether oxygens (including phenoxy) is 1. The molecule has 0 aliphatic heterocycles. The minimum Gasteiger partial charge on any atom is -0.378 e. The molecule has 0 amide bonds. The summed E-state index contributed by atoms with van der Waals surface area (Å²) in [4.78, 5) is 0. The minimum absolute atomic E-state index is 0.470. The van der Waals surface area contributed by atoms with Crippen molar-refractivity contribution in [1.82, 2.24) is 0 Å². The van der Waals surface area contributed by atoms with Gasteiger partial charge in [0, 0.05) is 6.61 Å². The summed E-state index contributed by atoms with van der Waals surface area (Å²) in [7, 11) is 0. The third kappa shape index (κ3) is 8.26. The van der Waals surface area contributed by atoms with Gasteiger partial charge in [-0.1, -0.05) is 33.1 Å². The second kappa shape index (κ2) is 10.0. The van der Waals surface area contributed by atoms with E-state index in [1.807, 2.05) is 0 Å². The van der Waals surface area contributed by atoms with E-state index < -0.39 is 0 Å². The molecule has 0 fully saturated rings. The van der Waals surface area contributed by atoms with Gasteiger partial charge in [0.2, 0.25) is 0 Å². The van der Waals surface area contributed by atoms with Crippen LogP contribution in [0, 0.1) is 0 Å². The molecule has 2 heteroatoms. The average molecular weight is 187 g/mol. The smallest absolute Gasteiger partial charge is 0.0572 e. The predicted molar refractivity (Wildman–Crippen MR) is 57.8 cm³/mol. The van der Waals surface area contributed by atoms with Gasteiger partial charge in [-0.05, 0) is 25.8 Å². The van der Waals surface area contributed by atoms with Crippen LogP contribution in [0.5, 0.6) is 0 Å². The summed E-state index contributed by atoms with van der Waals surface area (Å²) in [5.41, 5.74) is 5.40. The van der Waals surface area contributed by atoms with Gasteiger partial charge in [0.15, 0.2) is 0 Å². The van der Waals surface area contributed by atoms with Crippen LogP contribution in [0.4, 0.5) is 0 Å². The molecule has 13 heavy (non-hydrogen) atoms. The van der Waals surface area contributed by atoms with Crippen LogP contribution in [-0.2, 0) is 4.74 Å². The third-order valence-electron chi connectivity index (χ3n) is 2.29. The normalized spacial score (nSPS) is 13.2. The molecule has 80 valence electrons. The fraction of sp³-hybridized carbons (Fsp3) is 1.00. The monoisotopic (exact) mass is 187 g/mol. The van der Waals surface area contributed by atoms with Gasteiger partial charge in [-0.2, -0.15) is 0 Å². The predicted octanol–water partition coefficient (Wildman–Crippen LogP) is 2.71. The van der Waals surface area contributed by atoms with Crippen molar-refractivity contribution >= 4 is 0 Å². The molecule has 0 aromatic heterocycles. The van der Waals surface area contributed by atoms with Crippen molar-refractivity contribution in [3.63, 3.8) is 0 Å². The lowest BCUT2D eigenvalue weighted by molar-refractivity contribution is 0.0427. The van der Waals surface area contributed by atoms with Crippen molar-refractivity contribution in [3.8, 4) is 0 Å². The molecule has 2 N–H and O–H groups in total. The van der Waals surface area contributed by atoms with Gasteiger partial charge in [-0.15, -0.1) is 0 Å². The van der Waals surface area contributed by atoms with Crippen LogP contribution in [0.15, 0.2) is 0 Å². The molecule has 0 bridgehead atoms. The van der Waals surface area contributed by atoms with Crippen molar-refractivity contribution in [3.05, 3.63) is 0 Å². The topological polar surface area (TPSA) is 35.2 Å². The minimum atomic E-state index is 0.470. The first kappa shape index (κ1) is 12.9. The highest BCUT2D eigenvalue weighted by Gasteiger charge is 2.04. The van der Waals surface area contributed by atoms with E-state index in [0.717, 1.165) is 26.0 Å². The highest BCUT2D eigenvalue weighted by molar-refractivity contribution is 4.55. The molecule has 0 spiro atoms. The summed E-state index contributed by atoms with van der Waals surface area (Å²) in [5, 5.41) is 0. The Hall–Kier alpha value is -0.0800. The molecule has 0 aromatic rings. The Bertz CT molecular complexity index is 86.1. The zero-order valence-electron chi connectivity index (χ0n) is 9.22. The number of rotatable bonds is 9. The molecule has 0 radical (unpaired) electrons. The van der Waals surface area contributed by atoms with Crippen LogP contribution < -0.4 is 5.73 Å². The summed E-state index contributed by atoms with van der Waals surface area (Å²) in [6, 6.07) is 0. The maximum atomic E-state index is 5.70. The SMILES string of the molecule is CCCCCC(CC)OCCCN. The summed E-state index contributed by atoms with van der Waals surface area (Å²) in [6.07, 6.45) is 7.74. The summed E-state index contributed by atoms with van der Waals surface area (Å²) in [6.45, 7) is 6.00. The molecule has 0 saturated heterocycles. The maximum Gasteiger partial charge on any atom is 0.0572 e. The first-order valence-electron chi connectivity index (χ1n) is 5.66. The number of nitrogens with two attached hydrogens (primary N) is 1. The first-order chi connectivity index (χ1) is 6.35. The van der Waals surface area contributed by atoms with Crippen LogP contribution in [-0.4, -0.2) is 19.3 Å². The standard InChI is InChI=1S/C11H25NO/c1-3-5-6-8-11(4-2)13-10-7-9-12/h11H,3-10,12H2,1-2H3. The van der Waals surface area contributed by atoms with E-state index in [2.05, 4.69) is 13.8 Å². The lowest BCUT2D eigenvalue weighted by Gasteiger charge is -2.15. The van der Waals surface area contributed by atoms with Crippen molar-refractivity contribution < 1.29 is 4.74 Å². The summed E-state index contributed by atoms with van der Waals surface area (Å²) < 4.78 is 5.70. The molecule has 0 aliphatic carbocycles. The molecule has 1 atom stereocenters. The molecule has 2 nitrogen and oxygen atoms in total. The Labute approximate surface area is 82.8 Å². The highest BCUT2D eigenvalue weighted by atomic mass is 16.5. The molecular weight excluding hydrogens is 162 g/mol. The summed E-state index contributed by atoms with van der Waals surface area (Å²) >= 11 is 0. The van der Waals surface area contributed by atoms with Gasteiger partial charge in [0.05, 0.1) is 6.10 Å². The maximum absolute atomic E-state index is 5.70. The number of hydrogen-bond donors (Lipinski definition) is 1. The van der Waals surface area contributed by atoms with Crippen molar-refractivity contribution in [2.24, 2.45) is 5.73 Å². The van der Waals surface area contributed by atoms with E-state index in [1.54, 1.807) is 0 Å². The van der Waals surface area contributed by atoms with Crippen molar-refractivity contribution in [1.29, 1.82) is 0 Å². The summed E-state index contributed by atoms with van der Waals surface area (Å²) in [5.74, 6) is 0. The van der Waals surface area contributed by atoms with E-state index in [0.29, 0.717) is 6.10 Å². The van der Waals surface area contributed by atoms with Crippen LogP contribution in [0.1, 0.15) is 52.4 Å². The van der Waals surface area contributed by atoms with Gasteiger partial charge in [-0.25, -0.2) is 0 Å². The Balaban J connectivity index is 3.28. The van der Waals surface area contributed by atoms with Crippen molar-refractivity contribution in [2.45, 2.75) is 58.5 Å². The molecule has 0 rings (SSSR count). The zero-order chi connectivity index (χ0) is 9.94. The Morgan fingerprint density at radius 2 is 1.92 bits per heavy atom. The average Bonchev–Trinajstić information content (AvgIpc) is 2.16. The van der Waals surface area contributed by atoms with E-state index in [9.17, 15) is 0 Å². The fourth-order valence-electron chi connectivity index (χ4n) is 1.36. The second-order valence-electron chi connectivity index (χ2n) is 3.54. The quantitative estimate of drug-likeness (QED) is 0.563. The largest absolute Gasteiger partial charge is 0.378 e. The van der Waals surface area contributed by atoms with E-state index in [4.69, 9.17) is 10.5 Å². The number of hydrogen-bond acceptors (Lipinski definition) is 2. The van der Waals surface area contributed by atoms with Crippen molar-refractivity contribution in [2.75, 3.05) is 13.2 Å². The third-order valence-corrected chi connectivity index (χ3v) is 2.29. The molecule has 0 heterocycles. The van der Waals surface area contributed by atoms with Crippen LogP contribution >= 0.6 is 0 Å². The highest BCUT2D eigenvalue weighted by Crippen LogP contribution is 2.09. The van der Waals surface area contributed by atoms with Crippen LogP contribution in [0.25, 0.3) is 0 Å². The van der Waals surface area contributed by atoms with E-state index in [-0.39, 0.29) is 0 Å². The lowest BCUT2D eigenvalue weighted by atomic mass is 10.1. The second-order valence-corrected chi connectivity index (χ2v) is 3.54. The molecule has 0 aliphatic rings. The molecule has 0 saturated carbocycles. The Morgan fingerprint density at radius 1 is 1.15 bits per heavy atom. The van der Waals surface area contributed by atoms with E-state index in [1.165, 1.54) is 25.7 Å². The molecule has 0 aromatic carbocycles. The zero-order valence-corrected chi connectivity index (χ0v) is 9.22. The first-order valence-corrected chi connectivity index (χ1v) is 5.66. The van der Waals surface area contributed by atoms with Crippen LogP contribution in [0.2, 0.25) is 0 Å². The van der Waals surface area contributed by atoms with Gasteiger partial charge in [0.1, 0.15) is 0 Å². The van der Waals surface area contributed by atoms with Gasteiger partial charge >= 0.3 is 0 Å². The lowest BCUT2D eigenvalue weighted by Crippen LogP contribution is -2.14. The van der Waals surface area contributed by atoms with Gasteiger partial charge in [-0.3, -0.25) is 0 Å². The number of unbranched alkanes of at least 4 members (excludes halogenated alkanes) is 2. The van der Waals surface area contributed by atoms with E-state index >= 15 is 0 Å². The fourth-order valence-corrected chi connectivity index (χ4v) is 1.36.